The van der Waals surface area contributed by atoms with Gasteiger partial charge < -0.3 is 15.4 Å². The van der Waals surface area contributed by atoms with Crippen LogP contribution in [0, 0.1) is 0 Å². The fourth-order valence-corrected chi connectivity index (χ4v) is 1.99. The summed E-state index contributed by atoms with van der Waals surface area (Å²) in [5.41, 5.74) is 0.630. The smallest absolute Gasteiger partial charge is 0.283 e. The van der Waals surface area contributed by atoms with Crippen molar-refractivity contribution in [2.24, 2.45) is 0 Å². The van der Waals surface area contributed by atoms with Crippen molar-refractivity contribution in [2.45, 2.75) is 19.9 Å². The van der Waals surface area contributed by atoms with Gasteiger partial charge in [-0.1, -0.05) is 6.92 Å². The minimum atomic E-state index is -0.0980. The zero-order chi connectivity index (χ0) is 14.1. The van der Waals surface area contributed by atoms with Crippen molar-refractivity contribution in [1.29, 1.82) is 0 Å². The molecule has 0 bridgehead atoms. The minimum absolute atomic E-state index is 0.0980. The molecule has 0 fully saturated rings. The van der Waals surface area contributed by atoms with E-state index in [2.05, 4.69) is 31.7 Å². The van der Waals surface area contributed by atoms with Crippen molar-refractivity contribution in [3.05, 3.63) is 21.0 Å². The molecule has 0 saturated heterocycles. The van der Waals surface area contributed by atoms with Gasteiger partial charge in [-0.3, -0.25) is 4.79 Å². The second-order valence-corrected chi connectivity index (χ2v) is 4.86. The molecule has 7 heteroatoms. The number of nitrogens with zero attached hydrogens (tertiary/aromatic N) is 2. The molecule has 0 saturated carbocycles. The Morgan fingerprint density at radius 1 is 1.42 bits per heavy atom. The van der Waals surface area contributed by atoms with Crippen molar-refractivity contribution in [3.63, 3.8) is 0 Å². The van der Waals surface area contributed by atoms with Crippen LogP contribution in [-0.4, -0.2) is 43.1 Å². The molecule has 108 valence electrons. The Morgan fingerprint density at radius 2 is 2.21 bits per heavy atom. The molecule has 19 heavy (non-hydrogen) atoms. The molecule has 6 nitrogen and oxygen atoms in total. The zero-order valence-corrected chi connectivity index (χ0v) is 13.0. The van der Waals surface area contributed by atoms with Crippen molar-refractivity contribution in [1.82, 2.24) is 15.1 Å². The number of aryl methyl sites for hydroxylation is 1. The van der Waals surface area contributed by atoms with E-state index < -0.39 is 0 Å². The first-order chi connectivity index (χ1) is 9.20. The first-order valence-electron chi connectivity index (χ1n) is 6.39. The topological polar surface area (TPSA) is 68.2 Å². The van der Waals surface area contributed by atoms with Gasteiger partial charge in [-0.15, -0.1) is 0 Å². The van der Waals surface area contributed by atoms with Crippen LogP contribution in [0.25, 0.3) is 0 Å². The number of aromatic nitrogens is 2. The Kier molecular flexibility index (Phi) is 7.69. The van der Waals surface area contributed by atoms with E-state index >= 15 is 0 Å². The van der Waals surface area contributed by atoms with Gasteiger partial charge in [-0.2, -0.15) is 5.10 Å². The lowest BCUT2D eigenvalue weighted by molar-refractivity contribution is 0.200. The summed E-state index contributed by atoms with van der Waals surface area (Å²) < 4.78 is 6.93. The summed E-state index contributed by atoms with van der Waals surface area (Å²) in [6.45, 7) is 5.68. The molecule has 0 aromatic carbocycles. The average Bonchev–Trinajstić information content (AvgIpc) is 2.41. The van der Waals surface area contributed by atoms with Crippen molar-refractivity contribution in [3.8, 4) is 0 Å². The Labute approximate surface area is 121 Å². The summed E-state index contributed by atoms with van der Waals surface area (Å²) in [6, 6.07) is 0. The maximum Gasteiger partial charge on any atom is 0.283 e. The third-order valence-corrected chi connectivity index (χ3v) is 3.29. The number of ether oxygens (including phenoxy) is 1. The van der Waals surface area contributed by atoms with E-state index in [0.717, 1.165) is 31.7 Å². The summed E-state index contributed by atoms with van der Waals surface area (Å²) in [7, 11) is 1.67. The number of rotatable bonds is 9. The van der Waals surface area contributed by atoms with E-state index in [1.165, 1.54) is 4.68 Å². The fourth-order valence-electron chi connectivity index (χ4n) is 1.54. The molecule has 0 aliphatic heterocycles. The van der Waals surface area contributed by atoms with Gasteiger partial charge in [0.25, 0.3) is 5.56 Å². The molecular formula is C12H21BrN4O2. The van der Waals surface area contributed by atoms with E-state index in [1.54, 1.807) is 13.3 Å². The molecule has 0 aliphatic carbocycles. The maximum absolute atomic E-state index is 11.9. The Balaban J connectivity index is 2.46. The van der Waals surface area contributed by atoms with Crippen LogP contribution in [0.4, 0.5) is 5.69 Å². The standard InChI is InChI=1S/C12H21BrN4O2/c1-3-7-17-12(18)11(13)10(9-16-17)15-5-4-14-6-8-19-2/h9,14-15H,3-8H2,1-2H3. The lowest BCUT2D eigenvalue weighted by Gasteiger charge is -2.10. The Bertz CT molecular complexity index is 436. The average molecular weight is 333 g/mol. The van der Waals surface area contributed by atoms with Crippen LogP contribution in [0.5, 0.6) is 0 Å². The largest absolute Gasteiger partial charge is 0.383 e. The van der Waals surface area contributed by atoms with Crippen molar-refractivity contribution < 1.29 is 4.74 Å². The number of hydrogen-bond donors (Lipinski definition) is 2. The molecule has 1 aromatic rings. The third kappa shape index (κ3) is 5.30. The number of nitrogens with one attached hydrogen (secondary N) is 2. The molecule has 1 rings (SSSR count). The first kappa shape index (κ1) is 16.1. The highest BCUT2D eigenvalue weighted by atomic mass is 79.9. The summed E-state index contributed by atoms with van der Waals surface area (Å²) in [5.74, 6) is 0. The second kappa shape index (κ2) is 9.06. The van der Waals surface area contributed by atoms with Gasteiger partial charge in [0.05, 0.1) is 18.5 Å². The highest BCUT2D eigenvalue weighted by Crippen LogP contribution is 2.15. The molecule has 2 N–H and O–H groups in total. The number of methoxy groups -OCH3 is 1. The monoisotopic (exact) mass is 332 g/mol. The highest BCUT2D eigenvalue weighted by molar-refractivity contribution is 9.10. The van der Waals surface area contributed by atoms with Crippen molar-refractivity contribution in [2.75, 3.05) is 38.7 Å². The predicted octanol–water partition coefficient (Wildman–Crippen LogP) is 1.06. The normalized spacial score (nSPS) is 10.7. The molecule has 1 heterocycles. The van der Waals surface area contributed by atoms with Gasteiger partial charge in [0.15, 0.2) is 0 Å². The predicted molar refractivity (Wildman–Crippen MR) is 79.7 cm³/mol. The second-order valence-electron chi connectivity index (χ2n) is 4.07. The van der Waals surface area contributed by atoms with Gasteiger partial charge >= 0.3 is 0 Å². The van der Waals surface area contributed by atoms with Crippen LogP contribution in [0.2, 0.25) is 0 Å². The molecule has 0 radical (unpaired) electrons. The number of hydrogen-bond acceptors (Lipinski definition) is 5. The van der Waals surface area contributed by atoms with Gasteiger partial charge in [0.2, 0.25) is 0 Å². The van der Waals surface area contributed by atoms with Crippen LogP contribution in [0.3, 0.4) is 0 Å². The zero-order valence-electron chi connectivity index (χ0n) is 11.4. The molecule has 1 aromatic heterocycles. The quantitative estimate of drug-likeness (QED) is 0.662. The summed E-state index contributed by atoms with van der Waals surface area (Å²) in [4.78, 5) is 11.9. The summed E-state index contributed by atoms with van der Waals surface area (Å²) in [6.07, 6.45) is 2.56. The number of halogens is 1. The fraction of sp³-hybridized carbons (Fsp3) is 0.667. The first-order valence-corrected chi connectivity index (χ1v) is 7.19. The number of anilines is 1. The van der Waals surface area contributed by atoms with Crippen molar-refractivity contribution >= 4 is 21.6 Å². The van der Waals surface area contributed by atoms with E-state index in [0.29, 0.717) is 17.6 Å². The van der Waals surface area contributed by atoms with Gasteiger partial charge in [0.1, 0.15) is 4.47 Å². The lowest BCUT2D eigenvalue weighted by atomic mass is 10.4. The third-order valence-electron chi connectivity index (χ3n) is 2.52. The maximum atomic E-state index is 11.9. The molecule has 0 aliphatic rings. The molecule has 0 amide bonds. The van der Waals surface area contributed by atoms with Gasteiger partial charge in [-0.25, -0.2) is 4.68 Å². The Hall–Kier alpha value is -0.920. The van der Waals surface area contributed by atoms with Gasteiger partial charge in [-0.05, 0) is 22.4 Å². The summed E-state index contributed by atoms with van der Waals surface area (Å²) >= 11 is 3.32. The van der Waals surface area contributed by atoms with E-state index in [-0.39, 0.29) is 5.56 Å². The van der Waals surface area contributed by atoms with Gasteiger partial charge in [0, 0.05) is 33.3 Å². The Morgan fingerprint density at radius 3 is 2.89 bits per heavy atom. The van der Waals surface area contributed by atoms with E-state index in [9.17, 15) is 4.79 Å². The molecule has 0 unspecified atom stereocenters. The van der Waals surface area contributed by atoms with Crippen LogP contribution < -0.4 is 16.2 Å². The minimum Gasteiger partial charge on any atom is -0.383 e. The van der Waals surface area contributed by atoms with E-state index in [4.69, 9.17) is 4.74 Å². The molecule has 0 spiro atoms. The van der Waals surface area contributed by atoms with Crippen LogP contribution >= 0.6 is 15.9 Å². The summed E-state index contributed by atoms with van der Waals surface area (Å²) in [5, 5.41) is 10.5. The lowest BCUT2D eigenvalue weighted by Crippen LogP contribution is -2.27. The molecule has 0 atom stereocenters. The SMILES string of the molecule is CCCn1ncc(NCCNCCOC)c(Br)c1=O. The van der Waals surface area contributed by atoms with Crippen LogP contribution in [0.1, 0.15) is 13.3 Å². The van der Waals surface area contributed by atoms with Crippen LogP contribution in [-0.2, 0) is 11.3 Å². The highest BCUT2D eigenvalue weighted by Gasteiger charge is 2.07. The van der Waals surface area contributed by atoms with E-state index in [1.807, 2.05) is 6.92 Å². The molecular weight excluding hydrogens is 312 g/mol. The van der Waals surface area contributed by atoms with Crippen LogP contribution in [0.15, 0.2) is 15.5 Å².